The second-order valence-corrected chi connectivity index (χ2v) is 11.9. The normalized spacial score (nSPS) is 17.3. The number of hydrogen-bond donors (Lipinski definition) is 0. The van der Waals surface area contributed by atoms with Gasteiger partial charge in [-0.25, -0.2) is 27.2 Å². The van der Waals surface area contributed by atoms with Crippen LogP contribution in [0.3, 0.4) is 0 Å². The Morgan fingerprint density at radius 1 is 1.11 bits per heavy atom. The monoisotopic (exact) mass is 499 g/mol. The van der Waals surface area contributed by atoms with Crippen molar-refractivity contribution in [3.8, 4) is 0 Å². The van der Waals surface area contributed by atoms with E-state index in [9.17, 15) is 13.2 Å². The Balaban J connectivity index is 1.64. The third kappa shape index (κ3) is 5.27. The molecule has 1 atom stereocenters. The minimum absolute atomic E-state index is 0.000161. The quantitative estimate of drug-likeness (QED) is 0.531. The summed E-state index contributed by atoms with van der Waals surface area (Å²) in [5.41, 5.74) is 0.742. The minimum atomic E-state index is -3.81. The van der Waals surface area contributed by atoms with Gasteiger partial charge in [-0.1, -0.05) is 17.7 Å². The van der Waals surface area contributed by atoms with Crippen LogP contribution in [0.25, 0.3) is 11.0 Å². The molecule has 1 aromatic carbocycles. The molecular weight excluding hydrogens is 466 g/mol. The van der Waals surface area contributed by atoms with Gasteiger partial charge in [-0.05, 0) is 65.2 Å². The van der Waals surface area contributed by atoms with Crippen molar-refractivity contribution in [3.05, 3.63) is 48.4 Å². The van der Waals surface area contributed by atoms with Crippen LogP contribution in [0.2, 0.25) is 0 Å². The molecule has 1 saturated heterocycles. The number of rotatable bonds is 4. The molecule has 1 aliphatic heterocycles. The number of fused-ring (bicyclic) bond motifs is 1. The van der Waals surface area contributed by atoms with Crippen LogP contribution in [0.1, 0.15) is 45.6 Å². The van der Waals surface area contributed by atoms with E-state index in [4.69, 9.17) is 4.74 Å². The van der Waals surface area contributed by atoms with Crippen LogP contribution in [0.4, 0.5) is 10.6 Å². The maximum Gasteiger partial charge on any atom is 0.410 e. The highest BCUT2D eigenvalue weighted by Crippen LogP contribution is 2.29. The van der Waals surface area contributed by atoms with Gasteiger partial charge in [-0.15, -0.1) is 0 Å². The molecule has 0 saturated carbocycles. The van der Waals surface area contributed by atoms with Crippen molar-refractivity contribution in [2.75, 3.05) is 25.0 Å². The fraction of sp³-hybridized carbons (Fsp3) is 0.480. The highest BCUT2D eigenvalue weighted by molar-refractivity contribution is 7.90. The third-order valence-corrected chi connectivity index (χ3v) is 7.87. The number of amides is 1. The molecule has 1 aliphatic rings. The molecule has 0 bridgehead atoms. The number of aromatic nitrogens is 3. The zero-order valence-electron chi connectivity index (χ0n) is 20.9. The van der Waals surface area contributed by atoms with Gasteiger partial charge in [0.15, 0.2) is 5.65 Å². The molecule has 188 valence electrons. The lowest BCUT2D eigenvalue weighted by atomic mass is 10.1. The number of carbonyl (C=O) groups excluding carboxylic acids is 1. The lowest BCUT2D eigenvalue weighted by Crippen LogP contribution is -2.45. The first-order valence-corrected chi connectivity index (χ1v) is 13.3. The van der Waals surface area contributed by atoms with Gasteiger partial charge in [0.25, 0.3) is 10.0 Å². The summed E-state index contributed by atoms with van der Waals surface area (Å²) in [6, 6.07) is 8.48. The van der Waals surface area contributed by atoms with Gasteiger partial charge in [0.05, 0.1) is 10.3 Å². The van der Waals surface area contributed by atoms with Crippen molar-refractivity contribution < 1.29 is 17.9 Å². The van der Waals surface area contributed by atoms with E-state index in [-0.39, 0.29) is 17.0 Å². The SMILES string of the molecule is Cc1ccc(S(=O)(=O)n2ccc3c(N(C)[C@@H]4CCCCN(C(=O)OC(C)(C)C)C4)ncnc32)cc1. The molecule has 0 spiro atoms. The average Bonchev–Trinajstić information content (AvgIpc) is 3.08. The van der Waals surface area contributed by atoms with Gasteiger partial charge >= 0.3 is 6.09 Å². The number of benzene rings is 1. The Hall–Kier alpha value is -3.14. The smallest absolute Gasteiger partial charge is 0.410 e. The topological polar surface area (TPSA) is 97.6 Å². The van der Waals surface area contributed by atoms with Crippen molar-refractivity contribution in [3.63, 3.8) is 0 Å². The number of likely N-dealkylation sites (N-methyl/N-ethyl adjacent to an activating group) is 1. The van der Waals surface area contributed by atoms with Gasteiger partial charge in [-0.3, -0.25) is 0 Å². The number of nitrogens with zero attached hydrogens (tertiary/aromatic N) is 5. The van der Waals surface area contributed by atoms with Gasteiger partial charge in [0.1, 0.15) is 17.7 Å². The van der Waals surface area contributed by atoms with Crippen LogP contribution in [0, 0.1) is 6.92 Å². The summed E-state index contributed by atoms with van der Waals surface area (Å²) in [5, 5.41) is 0.638. The Kier molecular flexibility index (Phi) is 6.77. The molecule has 1 fully saturated rings. The third-order valence-electron chi connectivity index (χ3n) is 6.19. The van der Waals surface area contributed by atoms with Crippen molar-refractivity contribution in [2.45, 2.75) is 63.5 Å². The molecule has 3 aromatic rings. The number of carbonyl (C=O) groups is 1. The molecule has 2 aromatic heterocycles. The van der Waals surface area contributed by atoms with E-state index in [1.807, 2.05) is 39.6 Å². The fourth-order valence-electron chi connectivity index (χ4n) is 4.31. The molecule has 1 amide bonds. The van der Waals surface area contributed by atoms with Crippen LogP contribution in [-0.2, 0) is 14.8 Å². The van der Waals surface area contributed by atoms with Crippen LogP contribution < -0.4 is 4.90 Å². The molecule has 9 nitrogen and oxygen atoms in total. The van der Waals surface area contributed by atoms with Crippen molar-refractivity contribution in [1.29, 1.82) is 0 Å². The first-order chi connectivity index (χ1) is 16.5. The van der Waals surface area contributed by atoms with Crippen molar-refractivity contribution in [2.24, 2.45) is 0 Å². The van der Waals surface area contributed by atoms with E-state index in [0.29, 0.717) is 29.9 Å². The summed E-state index contributed by atoms with van der Waals surface area (Å²) >= 11 is 0. The predicted octanol–water partition coefficient (Wildman–Crippen LogP) is 4.20. The first-order valence-electron chi connectivity index (χ1n) is 11.8. The summed E-state index contributed by atoms with van der Waals surface area (Å²) < 4.78 is 33.4. The molecular formula is C25H33N5O4S. The molecule has 0 radical (unpaired) electrons. The number of aryl methyl sites for hydroxylation is 1. The number of anilines is 1. The Bertz CT molecular complexity index is 1310. The van der Waals surface area contributed by atoms with Crippen molar-refractivity contribution >= 4 is 33.0 Å². The van der Waals surface area contributed by atoms with Crippen LogP contribution in [0.15, 0.2) is 47.8 Å². The van der Waals surface area contributed by atoms with E-state index in [1.165, 1.54) is 16.5 Å². The number of ether oxygens (including phenoxy) is 1. The van der Waals surface area contributed by atoms with E-state index < -0.39 is 15.6 Å². The summed E-state index contributed by atoms with van der Waals surface area (Å²) in [6.07, 6.45) is 5.33. The summed E-state index contributed by atoms with van der Waals surface area (Å²) in [7, 11) is -1.88. The average molecular weight is 500 g/mol. The molecule has 3 heterocycles. The standard InChI is InChI=1S/C25H33N5O4S/c1-18-9-11-20(12-10-18)35(32,33)30-15-13-21-22(26-17-27-23(21)30)28(5)19-8-6-7-14-29(16-19)24(31)34-25(2,3)4/h9-13,15,17,19H,6-8,14,16H2,1-5H3/t19-/m1/s1. The second-order valence-electron chi connectivity index (χ2n) is 10.1. The van der Waals surface area contributed by atoms with Gasteiger partial charge in [0, 0.05) is 32.4 Å². The van der Waals surface area contributed by atoms with Gasteiger partial charge in [0.2, 0.25) is 0 Å². The lowest BCUT2D eigenvalue weighted by molar-refractivity contribution is 0.0249. The second kappa shape index (κ2) is 9.49. The van der Waals surface area contributed by atoms with Crippen LogP contribution in [0.5, 0.6) is 0 Å². The maximum atomic E-state index is 13.3. The molecule has 10 heteroatoms. The molecule has 35 heavy (non-hydrogen) atoms. The highest BCUT2D eigenvalue weighted by Gasteiger charge is 2.30. The van der Waals surface area contributed by atoms with Crippen molar-refractivity contribution in [1.82, 2.24) is 18.8 Å². The predicted molar refractivity (Wildman–Crippen MR) is 135 cm³/mol. The number of hydrogen-bond acceptors (Lipinski definition) is 7. The zero-order chi connectivity index (χ0) is 25.4. The van der Waals surface area contributed by atoms with E-state index in [1.54, 1.807) is 35.2 Å². The number of likely N-dealkylation sites (tertiary alicyclic amines) is 1. The van der Waals surface area contributed by atoms with E-state index in [0.717, 1.165) is 24.8 Å². The molecule has 4 rings (SSSR count). The molecule has 0 unspecified atom stereocenters. The fourth-order valence-corrected chi connectivity index (χ4v) is 5.62. The summed E-state index contributed by atoms with van der Waals surface area (Å²) in [5.74, 6) is 0.629. The molecule has 0 aliphatic carbocycles. The lowest BCUT2D eigenvalue weighted by Gasteiger charge is -2.33. The first kappa shape index (κ1) is 25.0. The Labute approximate surface area is 206 Å². The Morgan fingerprint density at radius 3 is 2.51 bits per heavy atom. The Morgan fingerprint density at radius 2 is 1.83 bits per heavy atom. The van der Waals surface area contributed by atoms with E-state index in [2.05, 4.69) is 9.97 Å². The zero-order valence-corrected chi connectivity index (χ0v) is 21.7. The maximum absolute atomic E-state index is 13.3. The minimum Gasteiger partial charge on any atom is -0.444 e. The summed E-state index contributed by atoms with van der Waals surface area (Å²) in [4.78, 5) is 25.5. The van der Waals surface area contributed by atoms with Crippen LogP contribution in [-0.4, -0.2) is 65.1 Å². The van der Waals surface area contributed by atoms with E-state index >= 15 is 0 Å². The van der Waals surface area contributed by atoms with Gasteiger partial charge in [-0.2, -0.15) is 0 Å². The highest BCUT2D eigenvalue weighted by atomic mass is 32.2. The van der Waals surface area contributed by atoms with Crippen LogP contribution >= 0.6 is 0 Å². The molecule has 0 N–H and O–H groups in total. The summed E-state index contributed by atoms with van der Waals surface area (Å²) in [6.45, 7) is 8.63. The van der Waals surface area contributed by atoms with Gasteiger partial charge < -0.3 is 14.5 Å². The largest absolute Gasteiger partial charge is 0.444 e.